The fourth-order valence-electron chi connectivity index (χ4n) is 2.54. The summed E-state index contributed by atoms with van der Waals surface area (Å²) in [6.45, 7) is 2.27. The molecule has 1 rings (SSSR count). The highest BCUT2D eigenvalue weighted by Gasteiger charge is 2.04. The van der Waals surface area contributed by atoms with Crippen molar-refractivity contribution in [3.63, 3.8) is 0 Å². The van der Waals surface area contributed by atoms with Crippen molar-refractivity contribution in [3.05, 3.63) is 35.9 Å². The van der Waals surface area contributed by atoms with Crippen LogP contribution in [0.1, 0.15) is 82.7 Å². The summed E-state index contributed by atoms with van der Waals surface area (Å²) in [5.41, 5.74) is 7.47. The molecule has 0 aliphatic rings. The first-order valence-electron chi connectivity index (χ1n) is 8.15. The molecule has 0 saturated heterocycles. The number of hydrogen-bond acceptors (Lipinski definition) is 1. The zero-order valence-corrected chi connectivity index (χ0v) is 13.1. The second-order valence-corrected chi connectivity index (χ2v) is 5.63. The molecule has 0 aliphatic carbocycles. The van der Waals surface area contributed by atoms with Crippen molar-refractivity contribution in [2.24, 2.45) is 5.73 Å². The van der Waals surface area contributed by atoms with E-state index in [2.05, 4.69) is 37.3 Å². The molecule has 0 fully saturated rings. The Morgan fingerprint density at radius 3 is 1.85 bits per heavy atom. The maximum absolute atomic E-state index is 6.19. The first-order chi connectivity index (χ1) is 9.34. The van der Waals surface area contributed by atoms with Crippen LogP contribution < -0.4 is 5.73 Å². The van der Waals surface area contributed by atoms with E-state index in [0.717, 1.165) is 6.42 Å². The third kappa shape index (κ3) is 9.11. The number of unbranched alkanes of at least 4 members (excludes halogenated alkanes) is 8. The molecule has 116 valence electrons. The molecule has 4 N–H and O–H groups in total. The van der Waals surface area contributed by atoms with E-state index in [1.807, 2.05) is 0 Å². The van der Waals surface area contributed by atoms with E-state index in [1.165, 1.54) is 63.4 Å². The van der Waals surface area contributed by atoms with E-state index in [1.54, 1.807) is 0 Å². The van der Waals surface area contributed by atoms with Crippen LogP contribution in [0, 0.1) is 0 Å². The van der Waals surface area contributed by atoms with Crippen LogP contribution >= 0.6 is 0 Å². The van der Waals surface area contributed by atoms with Crippen LogP contribution in [0.25, 0.3) is 0 Å². The first-order valence-corrected chi connectivity index (χ1v) is 8.15. The van der Waals surface area contributed by atoms with Gasteiger partial charge in [-0.15, -0.1) is 0 Å². The van der Waals surface area contributed by atoms with Gasteiger partial charge in [-0.05, 0) is 12.0 Å². The molecule has 0 radical (unpaired) electrons. The van der Waals surface area contributed by atoms with Crippen LogP contribution in [-0.2, 0) is 0 Å². The van der Waals surface area contributed by atoms with Crippen molar-refractivity contribution < 1.29 is 5.48 Å². The Bertz CT molecular complexity index is 300. The summed E-state index contributed by atoms with van der Waals surface area (Å²) in [5, 5.41) is 0. The molecule has 0 spiro atoms. The third-order valence-electron chi connectivity index (χ3n) is 3.85. The third-order valence-corrected chi connectivity index (χ3v) is 3.85. The average molecular weight is 279 g/mol. The molecule has 1 atom stereocenters. The number of rotatable bonds is 11. The van der Waals surface area contributed by atoms with E-state index < -0.39 is 0 Å². The molecule has 1 unspecified atom stereocenters. The normalized spacial score (nSPS) is 11.9. The number of benzene rings is 1. The molecule has 20 heavy (non-hydrogen) atoms. The summed E-state index contributed by atoms with van der Waals surface area (Å²) in [4.78, 5) is 0. The van der Waals surface area contributed by atoms with Crippen molar-refractivity contribution in [1.82, 2.24) is 0 Å². The van der Waals surface area contributed by atoms with Crippen molar-refractivity contribution in [2.45, 2.75) is 77.2 Å². The van der Waals surface area contributed by atoms with Crippen molar-refractivity contribution in [2.75, 3.05) is 0 Å². The Hall–Kier alpha value is -0.860. The molecule has 0 saturated carbocycles. The SMILES string of the molecule is CCCCCCCCCCCC(N)c1ccccc1.O. The Balaban J connectivity index is 0.00000361. The fraction of sp³-hybridized carbons (Fsp3) is 0.667. The van der Waals surface area contributed by atoms with Gasteiger partial charge in [0, 0.05) is 6.04 Å². The lowest BCUT2D eigenvalue weighted by molar-refractivity contribution is 0.532. The van der Waals surface area contributed by atoms with Gasteiger partial charge in [0.2, 0.25) is 0 Å². The minimum absolute atomic E-state index is 0. The highest BCUT2D eigenvalue weighted by atomic mass is 16.0. The molecular formula is C18H33NO. The topological polar surface area (TPSA) is 57.5 Å². The van der Waals surface area contributed by atoms with E-state index in [9.17, 15) is 0 Å². The van der Waals surface area contributed by atoms with E-state index in [4.69, 9.17) is 5.73 Å². The van der Waals surface area contributed by atoms with E-state index >= 15 is 0 Å². The van der Waals surface area contributed by atoms with Crippen LogP contribution in [0.5, 0.6) is 0 Å². The molecule has 2 nitrogen and oxygen atoms in total. The predicted molar refractivity (Wildman–Crippen MR) is 88.8 cm³/mol. The highest BCUT2D eigenvalue weighted by molar-refractivity contribution is 5.18. The Morgan fingerprint density at radius 2 is 1.30 bits per heavy atom. The Labute approximate surface area is 125 Å². The fourth-order valence-corrected chi connectivity index (χ4v) is 2.54. The minimum Gasteiger partial charge on any atom is -0.412 e. The van der Waals surface area contributed by atoms with Gasteiger partial charge in [0.1, 0.15) is 0 Å². The van der Waals surface area contributed by atoms with Gasteiger partial charge in [0.25, 0.3) is 0 Å². The van der Waals surface area contributed by atoms with Gasteiger partial charge in [-0.1, -0.05) is 95.0 Å². The maximum Gasteiger partial charge on any atom is 0.0294 e. The number of hydrogen-bond donors (Lipinski definition) is 1. The Kier molecular flexibility index (Phi) is 12.6. The summed E-state index contributed by atoms with van der Waals surface area (Å²) in [7, 11) is 0. The minimum atomic E-state index is 0. The molecule has 0 amide bonds. The first kappa shape index (κ1) is 19.1. The van der Waals surface area contributed by atoms with Crippen LogP contribution in [0.15, 0.2) is 30.3 Å². The summed E-state index contributed by atoms with van der Waals surface area (Å²) in [6.07, 6.45) is 13.6. The summed E-state index contributed by atoms with van der Waals surface area (Å²) in [5.74, 6) is 0. The molecule has 0 aromatic heterocycles. The monoisotopic (exact) mass is 279 g/mol. The highest BCUT2D eigenvalue weighted by Crippen LogP contribution is 2.18. The lowest BCUT2D eigenvalue weighted by Gasteiger charge is -2.11. The van der Waals surface area contributed by atoms with Gasteiger partial charge in [0.05, 0.1) is 0 Å². The summed E-state index contributed by atoms with van der Waals surface area (Å²) < 4.78 is 0. The lowest BCUT2D eigenvalue weighted by atomic mass is 10.0. The van der Waals surface area contributed by atoms with Crippen LogP contribution in [0.2, 0.25) is 0 Å². The van der Waals surface area contributed by atoms with Crippen molar-refractivity contribution in [1.29, 1.82) is 0 Å². The molecular weight excluding hydrogens is 246 g/mol. The van der Waals surface area contributed by atoms with Gasteiger partial charge in [0.15, 0.2) is 0 Å². The predicted octanol–water partition coefficient (Wildman–Crippen LogP) is 4.78. The van der Waals surface area contributed by atoms with Crippen molar-refractivity contribution >= 4 is 0 Å². The summed E-state index contributed by atoms with van der Waals surface area (Å²) in [6, 6.07) is 10.7. The van der Waals surface area contributed by atoms with Gasteiger partial charge < -0.3 is 11.2 Å². The largest absolute Gasteiger partial charge is 0.412 e. The molecule has 1 aromatic rings. The van der Waals surface area contributed by atoms with E-state index in [-0.39, 0.29) is 11.5 Å². The molecule has 0 aliphatic heterocycles. The molecule has 0 heterocycles. The Morgan fingerprint density at radius 1 is 0.800 bits per heavy atom. The zero-order valence-electron chi connectivity index (χ0n) is 13.1. The van der Waals surface area contributed by atoms with E-state index in [0.29, 0.717) is 0 Å². The quantitative estimate of drug-likeness (QED) is 0.582. The second kappa shape index (κ2) is 13.1. The van der Waals surface area contributed by atoms with Crippen LogP contribution in [-0.4, -0.2) is 5.48 Å². The number of nitrogens with two attached hydrogens (primary N) is 1. The smallest absolute Gasteiger partial charge is 0.0294 e. The van der Waals surface area contributed by atoms with Gasteiger partial charge in [-0.25, -0.2) is 0 Å². The molecule has 2 heteroatoms. The van der Waals surface area contributed by atoms with Crippen LogP contribution in [0.4, 0.5) is 0 Å². The van der Waals surface area contributed by atoms with Gasteiger partial charge in [-0.3, -0.25) is 0 Å². The molecule has 1 aromatic carbocycles. The lowest BCUT2D eigenvalue weighted by Crippen LogP contribution is -2.09. The standard InChI is InChI=1S/C18H31N.H2O/c1-2-3-4-5-6-7-8-9-13-16-18(19)17-14-11-10-12-15-17;/h10-12,14-15,18H,2-9,13,16,19H2,1H3;1H2. The van der Waals surface area contributed by atoms with Gasteiger partial charge in [-0.2, -0.15) is 0 Å². The average Bonchev–Trinajstić information content (AvgIpc) is 2.46. The van der Waals surface area contributed by atoms with Crippen LogP contribution in [0.3, 0.4) is 0 Å². The van der Waals surface area contributed by atoms with Gasteiger partial charge >= 0.3 is 0 Å². The molecule has 0 bridgehead atoms. The zero-order chi connectivity index (χ0) is 13.8. The maximum atomic E-state index is 6.19. The second-order valence-electron chi connectivity index (χ2n) is 5.63. The van der Waals surface area contributed by atoms with Crippen molar-refractivity contribution in [3.8, 4) is 0 Å². The summed E-state index contributed by atoms with van der Waals surface area (Å²) >= 11 is 0.